The molecular weight excluding hydrogens is 312 g/mol. The van der Waals surface area contributed by atoms with Gasteiger partial charge in [-0.1, -0.05) is 48.5 Å². The van der Waals surface area contributed by atoms with E-state index in [1.165, 1.54) is 5.56 Å². The second-order valence-corrected chi connectivity index (χ2v) is 6.46. The molecule has 0 radical (unpaired) electrons. The molecule has 25 heavy (non-hydrogen) atoms. The van der Waals surface area contributed by atoms with Gasteiger partial charge in [-0.05, 0) is 36.5 Å². The van der Waals surface area contributed by atoms with Gasteiger partial charge in [-0.3, -0.25) is 4.79 Å². The summed E-state index contributed by atoms with van der Waals surface area (Å²) in [7, 11) is 0. The number of nitrogens with two attached hydrogens (primary N) is 1. The molecule has 2 aromatic carbocycles. The second-order valence-electron chi connectivity index (χ2n) is 6.46. The van der Waals surface area contributed by atoms with Crippen LogP contribution in [0.25, 0.3) is 10.9 Å². The van der Waals surface area contributed by atoms with Crippen LogP contribution in [0.15, 0.2) is 60.8 Å². The van der Waals surface area contributed by atoms with Gasteiger partial charge in [0, 0.05) is 30.1 Å². The number of unbranched alkanes of at least 4 members (excludes halogenated alkanes) is 1. The lowest BCUT2D eigenvalue weighted by Crippen LogP contribution is -2.32. The van der Waals surface area contributed by atoms with Crippen molar-refractivity contribution in [2.24, 2.45) is 5.73 Å². The first-order valence-corrected chi connectivity index (χ1v) is 8.74. The monoisotopic (exact) mass is 336 g/mol. The van der Waals surface area contributed by atoms with Gasteiger partial charge in [0.15, 0.2) is 0 Å². The third-order valence-corrected chi connectivity index (χ3v) is 4.59. The van der Waals surface area contributed by atoms with Gasteiger partial charge in [0.1, 0.15) is 6.04 Å². The first-order valence-electron chi connectivity index (χ1n) is 8.74. The Hall–Kier alpha value is -2.59. The van der Waals surface area contributed by atoms with E-state index in [0.717, 1.165) is 42.3 Å². The zero-order chi connectivity index (χ0) is 17.6. The van der Waals surface area contributed by atoms with Crippen LogP contribution in [0.3, 0.4) is 0 Å². The highest BCUT2D eigenvalue weighted by molar-refractivity contribution is 5.85. The summed E-state index contributed by atoms with van der Waals surface area (Å²) < 4.78 is 2.23. The summed E-state index contributed by atoms with van der Waals surface area (Å²) in [4.78, 5) is 11.1. The van der Waals surface area contributed by atoms with E-state index in [9.17, 15) is 4.79 Å². The van der Waals surface area contributed by atoms with Crippen LogP contribution in [0.4, 0.5) is 0 Å². The van der Waals surface area contributed by atoms with Gasteiger partial charge < -0.3 is 15.4 Å². The first kappa shape index (κ1) is 17.2. The predicted molar refractivity (Wildman–Crippen MR) is 101 cm³/mol. The van der Waals surface area contributed by atoms with Crippen molar-refractivity contribution >= 4 is 16.9 Å². The van der Waals surface area contributed by atoms with Crippen LogP contribution >= 0.6 is 0 Å². The molecule has 0 bridgehead atoms. The smallest absolute Gasteiger partial charge is 0.320 e. The van der Waals surface area contributed by atoms with Gasteiger partial charge in [-0.2, -0.15) is 0 Å². The van der Waals surface area contributed by atoms with Crippen molar-refractivity contribution in [3.05, 3.63) is 71.9 Å². The van der Waals surface area contributed by atoms with Crippen LogP contribution in [0, 0.1) is 0 Å². The van der Waals surface area contributed by atoms with Gasteiger partial charge in [0.2, 0.25) is 0 Å². The van der Waals surface area contributed by atoms with Crippen LogP contribution < -0.4 is 5.73 Å². The Morgan fingerprint density at radius 1 is 1.04 bits per heavy atom. The number of carbonyl (C=O) groups is 1. The summed E-state index contributed by atoms with van der Waals surface area (Å²) in [5.41, 5.74) is 9.25. The fraction of sp³-hybridized carbons (Fsp3) is 0.286. The molecule has 0 aliphatic rings. The topological polar surface area (TPSA) is 68.2 Å². The third-order valence-electron chi connectivity index (χ3n) is 4.59. The highest BCUT2D eigenvalue weighted by Gasteiger charge is 2.16. The van der Waals surface area contributed by atoms with Gasteiger partial charge >= 0.3 is 5.97 Å². The van der Waals surface area contributed by atoms with Crippen molar-refractivity contribution in [2.45, 2.75) is 38.3 Å². The van der Waals surface area contributed by atoms with Crippen molar-refractivity contribution in [1.82, 2.24) is 4.57 Å². The quantitative estimate of drug-likeness (QED) is 0.617. The number of aliphatic carboxylic acids is 1. The summed E-state index contributed by atoms with van der Waals surface area (Å²) in [5, 5.41) is 10.2. The van der Waals surface area contributed by atoms with Gasteiger partial charge in [-0.15, -0.1) is 0 Å². The first-order chi connectivity index (χ1) is 12.1. The minimum absolute atomic E-state index is 0.354. The number of rotatable bonds is 8. The summed E-state index contributed by atoms with van der Waals surface area (Å²) in [6, 6.07) is 17.8. The Morgan fingerprint density at radius 3 is 2.52 bits per heavy atom. The fourth-order valence-corrected chi connectivity index (χ4v) is 3.25. The summed E-state index contributed by atoms with van der Waals surface area (Å²) >= 11 is 0. The number of nitrogens with zero attached hydrogens (tertiary/aromatic N) is 1. The minimum atomic E-state index is -0.959. The Labute approximate surface area is 147 Å². The molecule has 0 spiro atoms. The zero-order valence-electron chi connectivity index (χ0n) is 14.3. The molecule has 4 nitrogen and oxygen atoms in total. The van der Waals surface area contributed by atoms with Gasteiger partial charge in [0.25, 0.3) is 0 Å². The highest BCUT2D eigenvalue weighted by atomic mass is 16.4. The number of aromatic nitrogens is 1. The van der Waals surface area contributed by atoms with E-state index in [1.807, 2.05) is 24.3 Å². The van der Waals surface area contributed by atoms with Crippen molar-refractivity contribution in [1.29, 1.82) is 0 Å². The van der Waals surface area contributed by atoms with Crippen LogP contribution in [-0.2, 0) is 24.2 Å². The number of fused-ring (bicyclic) bond motifs is 1. The standard InChI is InChI=1S/C21H24N2O2/c22-19(21(24)25)14-17-15-23(20-12-5-4-11-18(17)20)13-7-6-10-16-8-2-1-3-9-16/h1-5,8-9,11-12,15,19H,6-7,10,13-14,22H2,(H,24,25)/t19-/m0/s1. The fourth-order valence-electron chi connectivity index (χ4n) is 3.25. The summed E-state index contributed by atoms with van der Waals surface area (Å²) in [6.45, 7) is 0.926. The second kappa shape index (κ2) is 7.99. The predicted octanol–water partition coefficient (Wildman–Crippen LogP) is 3.62. The largest absolute Gasteiger partial charge is 0.480 e. The molecular formula is C21H24N2O2. The van der Waals surface area contributed by atoms with E-state index >= 15 is 0 Å². The number of para-hydroxylation sites is 1. The SMILES string of the molecule is N[C@@H](Cc1cn(CCCCc2ccccc2)c2ccccc12)C(=O)O. The highest BCUT2D eigenvalue weighted by Crippen LogP contribution is 2.23. The number of carboxylic acids is 1. The molecule has 0 unspecified atom stereocenters. The lowest BCUT2D eigenvalue weighted by atomic mass is 10.1. The number of hydrogen-bond donors (Lipinski definition) is 2. The van der Waals surface area contributed by atoms with Crippen molar-refractivity contribution in [3.63, 3.8) is 0 Å². The number of benzene rings is 2. The molecule has 1 aromatic heterocycles. The Balaban J connectivity index is 1.67. The molecule has 3 aromatic rings. The molecule has 0 saturated heterocycles. The summed E-state index contributed by atoms with van der Waals surface area (Å²) in [6.07, 6.45) is 5.71. The molecule has 130 valence electrons. The number of carboxylic acid groups (broad SMARTS) is 1. The van der Waals surface area contributed by atoms with Crippen LogP contribution in [0.1, 0.15) is 24.0 Å². The molecule has 0 fully saturated rings. The van der Waals surface area contributed by atoms with Crippen molar-refractivity contribution in [3.8, 4) is 0 Å². The Bertz CT molecular complexity index is 839. The van der Waals surface area contributed by atoms with E-state index in [4.69, 9.17) is 10.8 Å². The summed E-state index contributed by atoms with van der Waals surface area (Å²) in [5.74, 6) is -0.959. The van der Waals surface area contributed by atoms with Crippen LogP contribution in [-0.4, -0.2) is 21.7 Å². The molecule has 0 amide bonds. The Morgan fingerprint density at radius 2 is 1.76 bits per heavy atom. The van der Waals surface area contributed by atoms with E-state index in [0.29, 0.717) is 6.42 Å². The molecule has 3 N–H and O–H groups in total. The third kappa shape index (κ3) is 4.28. The average Bonchev–Trinajstić information content (AvgIpc) is 2.97. The van der Waals surface area contributed by atoms with E-state index < -0.39 is 12.0 Å². The number of hydrogen-bond acceptors (Lipinski definition) is 2. The molecule has 0 saturated carbocycles. The molecule has 1 atom stereocenters. The van der Waals surface area contributed by atoms with Gasteiger partial charge in [-0.25, -0.2) is 0 Å². The van der Waals surface area contributed by atoms with Crippen LogP contribution in [0.5, 0.6) is 0 Å². The van der Waals surface area contributed by atoms with Crippen molar-refractivity contribution in [2.75, 3.05) is 0 Å². The normalized spacial score (nSPS) is 12.4. The molecule has 3 rings (SSSR count). The Kier molecular flexibility index (Phi) is 5.51. The molecule has 4 heteroatoms. The maximum absolute atomic E-state index is 11.1. The van der Waals surface area contributed by atoms with E-state index in [1.54, 1.807) is 0 Å². The lowest BCUT2D eigenvalue weighted by Gasteiger charge is -2.06. The maximum atomic E-state index is 11.1. The minimum Gasteiger partial charge on any atom is -0.480 e. The number of aryl methyl sites for hydroxylation is 2. The zero-order valence-corrected chi connectivity index (χ0v) is 14.3. The van der Waals surface area contributed by atoms with Crippen LogP contribution in [0.2, 0.25) is 0 Å². The average molecular weight is 336 g/mol. The molecule has 0 aliphatic heterocycles. The van der Waals surface area contributed by atoms with Gasteiger partial charge in [0.05, 0.1) is 0 Å². The maximum Gasteiger partial charge on any atom is 0.320 e. The van der Waals surface area contributed by atoms with E-state index in [2.05, 4.69) is 41.1 Å². The van der Waals surface area contributed by atoms with E-state index in [-0.39, 0.29) is 0 Å². The lowest BCUT2D eigenvalue weighted by molar-refractivity contribution is -0.138. The molecule has 0 aliphatic carbocycles. The molecule has 1 heterocycles. The van der Waals surface area contributed by atoms with Crippen molar-refractivity contribution < 1.29 is 9.90 Å².